The lowest BCUT2D eigenvalue weighted by Gasteiger charge is -2.28. The number of carbonyl (C=O) groups excluding carboxylic acids is 2. The van der Waals surface area contributed by atoms with Crippen LogP contribution in [0.15, 0.2) is 23.1 Å². The van der Waals surface area contributed by atoms with Crippen LogP contribution in [0, 0.1) is 11.8 Å². The molecule has 156 valence electrons. The Morgan fingerprint density at radius 3 is 2.43 bits per heavy atom. The van der Waals surface area contributed by atoms with Crippen molar-refractivity contribution in [3.05, 3.63) is 28.7 Å². The molecule has 1 unspecified atom stereocenters. The molecule has 0 saturated carbocycles. The molecule has 2 heterocycles. The van der Waals surface area contributed by atoms with Gasteiger partial charge in [0.05, 0.1) is 11.8 Å². The maximum atomic E-state index is 15.7. The minimum Gasteiger partial charge on any atom is -0.463 e. The highest BCUT2D eigenvalue weighted by molar-refractivity contribution is 5.72. The second-order valence-electron chi connectivity index (χ2n) is 7.68. The van der Waals surface area contributed by atoms with Gasteiger partial charge in [-0.15, -0.1) is 0 Å². The largest absolute Gasteiger partial charge is 0.463 e. The zero-order valence-corrected chi connectivity index (χ0v) is 16.7. The molecule has 1 saturated heterocycles. The van der Waals surface area contributed by atoms with E-state index in [4.69, 9.17) is 19.9 Å². The van der Waals surface area contributed by atoms with Crippen LogP contribution in [0.1, 0.15) is 40.8 Å². The van der Waals surface area contributed by atoms with Crippen LogP contribution in [0.25, 0.3) is 0 Å². The third-order valence-corrected chi connectivity index (χ3v) is 4.48. The van der Waals surface area contributed by atoms with Crippen molar-refractivity contribution in [2.75, 3.05) is 12.3 Å². The fourth-order valence-electron chi connectivity index (χ4n) is 2.82. The molecule has 9 heteroatoms. The van der Waals surface area contributed by atoms with Gasteiger partial charge in [-0.3, -0.25) is 19.0 Å². The van der Waals surface area contributed by atoms with E-state index in [1.807, 2.05) is 0 Å². The molecule has 0 aliphatic carbocycles. The summed E-state index contributed by atoms with van der Waals surface area (Å²) in [5, 5.41) is 0. The molecular weight excluding hydrogens is 371 g/mol. The molecule has 0 amide bonds. The second-order valence-corrected chi connectivity index (χ2v) is 7.68. The molecule has 0 radical (unpaired) electrons. The summed E-state index contributed by atoms with van der Waals surface area (Å²) >= 11 is 0. The molecule has 8 nitrogen and oxygen atoms in total. The van der Waals surface area contributed by atoms with Crippen LogP contribution >= 0.6 is 0 Å². The van der Waals surface area contributed by atoms with Crippen molar-refractivity contribution in [1.29, 1.82) is 0 Å². The van der Waals surface area contributed by atoms with Gasteiger partial charge in [-0.1, -0.05) is 27.7 Å². The molecule has 4 atom stereocenters. The first kappa shape index (κ1) is 21.9. The van der Waals surface area contributed by atoms with Gasteiger partial charge in [0.25, 0.3) is 5.56 Å². The van der Waals surface area contributed by atoms with Crippen LogP contribution in [0.4, 0.5) is 10.1 Å². The Morgan fingerprint density at radius 2 is 1.89 bits per heavy atom. The summed E-state index contributed by atoms with van der Waals surface area (Å²) in [6, 6.07) is 2.57. The molecule has 1 aromatic heterocycles. The number of halogens is 1. The molecule has 0 aromatic carbocycles. The van der Waals surface area contributed by atoms with E-state index in [9.17, 15) is 14.4 Å². The number of aromatic nitrogens is 1. The molecule has 28 heavy (non-hydrogen) atoms. The van der Waals surface area contributed by atoms with Crippen LogP contribution in [0.3, 0.4) is 0 Å². The lowest BCUT2D eigenvalue weighted by Crippen LogP contribution is -2.46. The highest BCUT2D eigenvalue weighted by Gasteiger charge is 2.58. The van der Waals surface area contributed by atoms with Crippen LogP contribution in [0.5, 0.6) is 0 Å². The zero-order valence-electron chi connectivity index (χ0n) is 16.7. The number of pyridine rings is 1. The lowest BCUT2D eigenvalue weighted by atomic mass is 9.97. The number of nitrogen functional groups attached to an aromatic ring is 1. The fourth-order valence-corrected chi connectivity index (χ4v) is 2.82. The molecule has 1 aliphatic rings. The van der Waals surface area contributed by atoms with E-state index < -0.39 is 47.5 Å². The Kier molecular flexibility index (Phi) is 6.48. The molecule has 2 N–H and O–H groups in total. The molecule has 1 aliphatic heterocycles. The van der Waals surface area contributed by atoms with Gasteiger partial charge < -0.3 is 19.9 Å². The first-order chi connectivity index (χ1) is 12.9. The topological polar surface area (TPSA) is 110 Å². The number of carbonyl (C=O) groups is 2. The van der Waals surface area contributed by atoms with Crippen molar-refractivity contribution in [3.8, 4) is 0 Å². The average Bonchev–Trinajstić information content (AvgIpc) is 2.83. The Morgan fingerprint density at radius 1 is 1.29 bits per heavy atom. The minimum absolute atomic E-state index is 0.227. The highest BCUT2D eigenvalue weighted by atomic mass is 19.1. The van der Waals surface area contributed by atoms with Gasteiger partial charge in [0.1, 0.15) is 12.7 Å². The van der Waals surface area contributed by atoms with E-state index in [1.54, 1.807) is 27.7 Å². The number of rotatable bonds is 6. The number of hydrogen-bond donors (Lipinski definition) is 1. The lowest BCUT2D eigenvalue weighted by molar-refractivity contribution is -0.165. The standard InChI is InChI=1S/C19H27FN2O6/c1-10(2)16(24)26-9-13-15(28-17(25)11(3)4)19(5,20)18(27-13)22-7-6-12(21)8-14(22)23/h6-8,10-11,13,15,18H,9,21H2,1-5H3/t13?,15-,18-,19-/m1/s1. The third-order valence-electron chi connectivity index (χ3n) is 4.48. The van der Waals surface area contributed by atoms with Crippen LogP contribution in [-0.2, 0) is 23.8 Å². The van der Waals surface area contributed by atoms with Crippen molar-refractivity contribution in [3.63, 3.8) is 0 Å². The summed E-state index contributed by atoms with van der Waals surface area (Å²) < 4.78 is 33.0. The van der Waals surface area contributed by atoms with Gasteiger partial charge in [-0.2, -0.15) is 0 Å². The normalized spacial score (nSPS) is 27.2. The third kappa shape index (κ3) is 4.52. The number of hydrogen-bond acceptors (Lipinski definition) is 7. The number of esters is 2. The Labute approximate surface area is 162 Å². The Hall–Kier alpha value is -2.42. The van der Waals surface area contributed by atoms with Crippen LogP contribution < -0.4 is 11.3 Å². The molecule has 0 spiro atoms. The molecule has 0 bridgehead atoms. The summed E-state index contributed by atoms with van der Waals surface area (Å²) in [5.74, 6) is -1.99. The SMILES string of the molecule is CC(C)C(=O)OCC1O[C@@H](n2ccc(N)cc2=O)[C@](C)(F)[C@@H]1OC(=O)C(C)C. The van der Waals surface area contributed by atoms with E-state index in [2.05, 4.69) is 0 Å². The van der Waals surface area contributed by atoms with Gasteiger partial charge >= 0.3 is 11.9 Å². The number of alkyl halides is 1. The summed E-state index contributed by atoms with van der Waals surface area (Å²) in [7, 11) is 0. The molecule has 1 fully saturated rings. The fraction of sp³-hybridized carbons (Fsp3) is 0.632. The van der Waals surface area contributed by atoms with Crippen molar-refractivity contribution < 1.29 is 28.2 Å². The van der Waals surface area contributed by atoms with Gasteiger partial charge in [0.2, 0.25) is 0 Å². The maximum absolute atomic E-state index is 15.7. The molecule has 1 aromatic rings. The first-order valence-electron chi connectivity index (χ1n) is 9.14. The Bertz CT molecular complexity index is 789. The number of ether oxygens (including phenoxy) is 3. The van der Waals surface area contributed by atoms with Crippen molar-refractivity contribution in [2.45, 2.75) is 58.7 Å². The summed E-state index contributed by atoms with van der Waals surface area (Å²) in [6.07, 6.45) is -2.51. The first-order valence-corrected chi connectivity index (χ1v) is 9.14. The van der Waals surface area contributed by atoms with E-state index in [0.29, 0.717) is 0 Å². The smallest absolute Gasteiger partial charge is 0.308 e. The number of nitrogens with zero attached hydrogens (tertiary/aromatic N) is 1. The van der Waals surface area contributed by atoms with E-state index in [0.717, 1.165) is 10.6 Å². The van der Waals surface area contributed by atoms with Crippen molar-refractivity contribution in [2.24, 2.45) is 11.8 Å². The quantitative estimate of drug-likeness (QED) is 0.728. The van der Waals surface area contributed by atoms with Crippen molar-refractivity contribution >= 4 is 17.6 Å². The summed E-state index contributed by atoms with van der Waals surface area (Å²) in [5.41, 5.74) is 2.99. The van der Waals surface area contributed by atoms with Gasteiger partial charge in [-0.05, 0) is 13.0 Å². The average molecular weight is 398 g/mol. The van der Waals surface area contributed by atoms with Gasteiger partial charge in [-0.25, -0.2) is 4.39 Å². The van der Waals surface area contributed by atoms with Crippen molar-refractivity contribution in [1.82, 2.24) is 4.57 Å². The van der Waals surface area contributed by atoms with E-state index in [1.165, 1.54) is 19.2 Å². The van der Waals surface area contributed by atoms with Gasteiger partial charge in [0.15, 0.2) is 18.0 Å². The predicted octanol–water partition coefficient (Wildman–Crippen LogP) is 1.82. The summed E-state index contributed by atoms with van der Waals surface area (Å²) in [4.78, 5) is 36.1. The molecule has 2 rings (SSSR count). The summed E-state index contributed by atoms with van der Waals surface area (Å²) in [6.45, 7) is 7.41. The van der Waals surface area contributed by atoms with E-state index >= 15 is 4.39 Å². The zero-order chi connectivity index (χ0) is 21.2. The highest BCUT2D eigenvalue weighted by Crippen LogP contribution is 2.43. The van der Waals surface area contributed by atoms with Crippen LogP contribution in [0.2, 0.25) is 0 Å². The second kappa shape index (κ2) is 8.30. The predicted molar refractivity (Wildman–Crippen MR) is 99.1 cm³/mol. The monoisotopic (exact) mass is 398 g/mol. The number of nitrogens with two attached hydrogens (primary N) is 1. The van der Waals surface area contributed by atoms with Crippen LogP contribution in [-0.4, -0.2) is 41.0 Å². The maximum Gasteiger partial charge on any atom is 0.308 e. The Balaban J connectivity index is 2.34. The van der Waals surface area contributed by atoms with Gasteiger partial charge in [0, 0.05) is 18.0 Å². The number of anilines is 1. The minimum atomic E-state index is -2.25. The van der Waals surface area contributed by atoms with E-state index in [-0.39, 0.29) is 18.2 Å². The molecular formula is C19H27FN2O6.